The molecule has 3 heteroatoms. The van der Waals surface area contributed by atoms with Crippen LogP contribution < -0.4 is 5.32 Å². The van der Waals surface area contributed by atoms with Crippen molar-refractivity contribution >= 4 is 5.91 Å². The SMILES string of the molecule is CCC1(C(=O)NCC2(O)CCCCC2)CCCC1. The van der Waals surface area contributed by atoms with Gasteiger partial charge in [0.15, 0.2) is 0 Å². The van der Waals surface area contributed by atoms with Crippen LogP contribution >= 0.6 is 0 Å². The Morgan fingerprint density at radius 2 is 1.61 bits per heavy atom. The van der Waals surface area contributed by atoms with E-state index in [4.69, 9.17) is 0 Å². The number of aliphatic hydroxyl groups is 1. The molecule has 0 atom stereocenters. The molecule has 0 aromatic rings. The Kier molecular flexibility index (Phi) is 4.31. The van der Waals surface area contributed by atoms with Crippen molar-refractivity contribution < 1.29 is 9.90 Å². The topological polar surface area (TPSA) is 49.3 Å². The van der Waals surface area contributed by atoms with E-state index in [1.807, 2.05) is 0 Å². The van der Waals surface area contributed by atoms with Gasteiger partial charge in [0.25, 0.3) is 0 Å². The monoisotopic (exact) mass is 253 g/mol. The quantitative estimate of drug-likeness (QED) is 0.809. The molecule has 0 spiro atoms. The number of hydrogen-bond donors (Lipinski definition) is 2. The van der Waals surface area contributed by atoms with Gasteiger partial charge in [-0.25, -0.2) is 0 Å². The number of hydrogen-bond acceptors (Lipinski definition) is 2. The Bertz CT molecular complexity index is 289. The minimum absolute atomic E-state index is 0.134. The van der Waals surface area contributed by atoms with Gasteiger partial charge in [-0.05, 0) is 32.1 Å². The molecular formula is C15H27NO2. The summed E-state index contributed by atoms with van der Waals surface area (Å²) in [6.07, 6.45) is 10.4. The lowest BCUT2D eigenvalue weighted by atomic mass is 9.81. The molecule has 2 rings (SSSR count). The predicted octanol–water partition coefficient (Wildman–Crippen LogP) is 2.77. The van der Waals surface area contributed by atoms with Crippen molar-refractivity contribution in [3.05, 3.63) is 0 Å². The Labute approximate surface area is 110 Å². The van der Waals surface area contributed by atoms with E-state index in [2.05, 4.69) is 12.2 Å². The molecule has 0 aromatic carbocycles. The Hall–Kier alpha value is -0.570. The lowest BCUT2D eigenvalue weighted by Gasteiger charge is -2.34. The Morgan fingerprint density at radius 1 is 1.06 bits per heavy atom. The molecule has 18 heavy (non-hydrogen) atoms. The summed E-state index contributed by atoms with van der Waals surface area (Å²) in [6.45, 7) is 2.56. The van der Waals surface area contributed by atoms with Crippen LogP contribution in [0.1, 0.15) is 71.1 Å². The van der Waals surface area contributed by atoms with E-state index in [0.717, 1.165) is 44.9 Å². The van der Waals surface area contributed by atoms with E-state index in [-0.39, 0.29) is 11.3 Å². The first-order valence-electron chi connectivity index (χ1n) is 7.61. The molecule has 0 unspecified atom stereocenters. The van der Waals surface area contributed by atoms with Gasteiger partial charge in [0.05, 0.1) is 5.60 Å². The molecular weight excluding hydrogens is 226 g/mol. The molecule has 1 amide bonds. The summed E-state index contributed by atoms with van der Waals surface area (Å²) >= 11 is 0. The summed E-state index contributed by atoms with van der Waals surface area (Å²) in [5, 5.41) is 13.4. The third-order valence-corrected chi connectivity index (χ3v) is 5.08. The number of amides is 1. The smallest absolute Gasteiger partial charge is 0.226 e. The van der Waals surface area contributed by atoms with E-state index in [1.165, 1.54) is 19.3 Å². The summed E-state index contributed by atoms with van der Waals surface area (Å²) in [5.41, 5.74) is -0.771. The fraction of sp³-hybridized carbons (Fsp3) is 0.933. The number of carbonyl (C=O) groups is 1. The van der Waals surface area contributed by atoms with Crippen molar-refractivity contribution in [1.29, 1.82) is 0 Å². The van der Waals surface area contributed by atoms with Crippen molar-refractivity contribution in [3.8, 4) is 0 Å². The first kappa shape index (κ1) is 13.9. The maximum absolute atomic E-state index is 12.4. The van der Waals surface area contributed by atoms with Crippen LogP contribution in [0.4, 0.5) is 0 Å². The zero-order chi connectivity index (χ0) is 13.1. The maximum atomic E-state index is 12.4. The second kappa shape index (κ2) is 5.60. The lowest BCUT2D eigenvalue weighted by molar-refractivity contribution is -0.132. The van der Waals surface area contributed by atoms with Gasteiger partial charge in [-0.3, -0.25) is 4.79 Å². The summed E-state index contributed by atoms with van der Waals surface area (Å²) in [4.78, 5) is 12.4. The zero-order valence-corrected chi connectivity index (χ0v) is 11.6. The minimum Gasteiger partial charge on any atom is -0.388 e. The Morgan fingerprint density at radius 3 is 2.17 bits per heavy atom. The van der Waals surface area contributed by atoms with Gasteiger partial charge in [0.1, 0.15) is 0 Å². The van der Waals surface area contributed by atoms with Gasteiger partial charge in [-0.15, -0.1) is 0 Å². The van der Waals surface area contributed by atoms with Crippen molar-refractivity contribution in [3.63, 3.8) is 0 Å². The van der Waals surface area contributed by atoms with E-state index in [1.54, 1.807) is 0 Å². The van der Waals surface area contributed by atoms with Crippen LogP contribution in [0.2, 0.25) is 0 Å². The second-order valence-corrected chi connectivity index (χ2v) is 6.31. The third kappa shape index (κ3) is 2.87. The van der Waals surface area contributed by atoms with Crippen LogP contribution in [0.15, 0.2) is 0 Å². The van der Waals surface area contributed by atoms with Gasteiger partial charge in [-0.1, -0.05) is 39.0 Å². The standard InChI is InChI=1S/C15H27NO2/c1-2-14(8-6-7-9-14)13(17)16-12-15(18)10-4-3-5-11-15/h18H,2-12H2,1H3,(H,16,17). The van der Waals surface area contributed by atoms with E-state index >= 15 is 0 Å². The first-order valence-corrected chi connectivity index (χ1v) is 7.61. The minimum atomic E-state index is -0.637. The van der Waals surface area contributed by atoms with Crippen LogP contribution in [-0.4, -0.2) is 23.2 Å². The molecule has 2 saturated carbocycles. The maximum Gasteiger partial charge on any atom is 0.226 e. The fourth-order valence-electron chi connectivity index (χ4n) is 3.61. The molecule has 0 aromatic heterocycles. The molecule has 3 nitrogen and oxygen atoms in total. The Balaban J connectivity index is 1.87. The first-order chi connectivity index (χ1) is 8.60. The van der Waals surface area contributed by atoms with Crippen molar-refractivity contribution in [1.82, 2.24) is 5.32 Å². The van der Waals surface area contributed by atoms with E-state index in [0.29, 0.717) is 6.54 Å². The second-order valence-electron chi connectivity index (χ2n) is 6.31. The van der Waals surface area contributed by atoms with Crippen LogP contribution in [0.5, 0.6) is 0 Å². The van der Waals surface area contributed by atoms with Crippen LogP contribution in [0.3, 0.4) is 0 Å². The van der Waals surface area contributed by atoms with Crippen LogP contribution in [0.25, 0.3) is 0 Å². The van der Waals surface area contributed by atoms with Crippen molar-refractivity contribution in [2.75, 3.05) is 6.54 Å². The zero-order valence-electron chi connectivity index (χ0n) is 11.6. The molecule has 104 valence electrons. The lowest BCUT2D eigenvalue weighted by Crippen LogP contribution is -2.48. The highest BCUT2D eigenvalue weighted by molar-refractivity contribution is 5.82. The van der Waals surface area contributed by atoms with Gasteiger partial charge in [0.2, 0.25) is 5.91 Å². The third-order valence-electron chi connectivity index (χ3n) is 5.08. The largest absolute Gasteiger partial charge is 0.388 e. The summed E-state index contributed by atoms with van der Waals surface area (Å²) in [7, 11) is 0. The van der Waals surface area contributed by atoms with Gasteiger partial charge < -0.3 is 10.4 Å². The van der Waals surface area contributed by atoms with E-state index in [9.17, 15) is 9.90 Å². The van der Waals surface area contributed by atoms with Crippen LogP contribution in [0, 0.1) is 5.41 Å². The summed E-state index contributed by atoms with van der Waals surface area (Å²) < 4.78 is 0. The predicted molar refractivity (Wildman–Crippen MR) is 72.2 cm³/mol. The molecule has 0 aliphatic heterocycles. The number of rotatable bonds is 4. The normalized spacial score (nSPS) is 25.9. The molecule has 0 heterocycles. The molecule has 0 bridgehead atoms. The highest BCUT2D eigenvalue weighted by Crippen LogP contribution is 2.41. The van der Waals surface area contributed by atoms with Crippen molar-refractivity contribution in [2.45, 2.75) is 76.7 Å². The molecule has 2 aliphatic carbocycles. The molecule has 0 radical (unpaired) electrons. The average Bonchev–Trinajstić information content (AvgIpc) is 2.87. The van der Waals surface area contributed by atoms with Gasteiger partial charge in [0, 0.05) is 12.0 Å². The number of nitrogens with one attached hydrogen (secondary N) is 1. The summed E-state index contributed by atoms with van der Waals surface area (Å²) in [6, 6.07) is 0. The molecule has 2 fully saturated rings. The van der Waals surface area contributed by atoms with Crippen molar-refractivity contribution in [2.24, 2.45) is 5.41 Å². The molecule has 2 aliphatic rings. The van der Waals surface area contributed by atoms with Gasteiger partial charge in [-0.2, -0.15) is 0 Å². The van der Waals surface area contributed by atoms with Gasteiger partial charge >= 0.3 is 0 Å². The average molecular weight is 253 g/mol. The molecule has 2 N–H and O–H groups in total. The van der Waals surface area contributed by atoms with E-state index < -0.39 is 5.60 Å². The fourth-order valence-corrected chi connectivity index (χ4v) is 3.61. The highest BCUT2D eigenvalue weighted by Gasteiger charge is 2.40. The number of carbonyl (C=O) groups excluding carboxylic acids is 1. The highest BCUT2D eigenvalue weighted by atomic mass is 16.3. The van der Waals surface area contributed by atoms with Crippen LogP contribution in [-0.2, 0) is 4.79 Å². The summed E-state index contributed by atoms with van der Waals surface area (Å²) in [5.74, 6) is 0.182. The molecule has 0 saturated heterocycles.